The quantitative estimate of drug-likeness (QED) is 0.873. The second-order valence-electron chi connectivity index (χ2n) is 3.94. The van der Waals surface area contributed by atoms with Crippen LogP contribution in [0.2, 0.25) is 0 Å². The van der Waals surface area contributed by atoms with Crippen LogP contribution in [-0.4, -0.2) is 14.8 Å². The van der Waals surface area contributed by atoms with Crippen LogP contribution in [-0.2, 0) is 19.5 Å². The highest BCUT2D eigenvalue weighted by Crippen LogP contribution is 2.19. The van der Waals surface area contributed by atoms with Crippen molar-refractivity contribution in [1.29, 1.82) is 0 Å². The molecule has 0 aliphatic rings. The molecule has 4 heteroatoms. The molecule has 2 N–H and O–H groups in total. The third-order valence-electron chi connectivity index (χ3n) is 2.95. The molecule has 0 amide bonds. The smallest absolute Gasteiger partial charge is 0.163 e. The maximum absolute atomic E-state index is 5.64. The highest BCUT2D eigenvalue weighted by Gasteiger charge is 2.10. The Labute approximate surface area is 101 Å². The van der Waals surface area contributed by atoms with Crippen LogP contribution >= 0.6 is 0 Å². The number of aromatic nitrogens is 3. The van der Waals surface area contributed by atoms with Crippen LogP contribution in [0.15, 0.2) is 24.3 Å². The van der Waals surface area contributed by atoms with Gasteiger partial charge in [0.2, 0.25) is 0 Å². The minimum atomic E-state index is 0.424. The molecular weight excluding hydrogens is 212 g/mol. The molecular formula is C13H18N4. The molecule has 0 saturated heterocycles. The van der Waals surface area contributed by atoms with E-state index in [0.717, 1.165) is 30.2 Å². The summed E-state index contributed by atoms with van der Waals surface area (Å²) in [6.45, 7) is 5.49. The number of nitrogens with zero attached hydrogens (tertiary/aromatic N) is 3. The third-order valence-corrected chi connectivity index (χ3v) is 2.95. The van der Waals surface area contributed by atoms with Gasteiger partial charge in [0.15, 0.2) is 5.82 Å². The van der Waals surface area contributed by atoms with Gasteiger partial charge in [0.05, 0.1) is 6.54 Å². The molecule has 1 aromatic carbocycles. The molecule has 0 unspecified atom stereocenters. The molecule has 0 aliphatic carbocycles. The van der Waals surface area contributed by atoms with Crippen LogP contribution in [0.3, 0.4) is 0 Å². The Kier molecular flexibility index (Phi) is 3.54. The van der Waals surface area contributed by atoms with Crippen LogP contribution in [0.1, 0.15) is 25.2 Å². The number of hydrogen-bond donors (Lipinski definition) is 1. The Morgan fingerprint density at radius 1 is 1.12 bits per heavy atom. The average molecular weight is 230 g/mol. The molecule has 1 aromatic heterocycles. The minimum Gasteiger partial charge on any atom is -0.324 e. The number of hydrogen-bond acceptors (Lipinski definition) is 3. The van der Waals surface area contributed by atoms with Gasteiger partial charge in [0.25, 0.3) is 0 Å². The van der Waals surface area contributed by atoms with Crippen LogP contribution in [0, 0.1) is 0 Å². The lowest BCUT2D eigenvalue weighted by Crippen LogP contribution is -2.08. The van der Waals surface area contributed by atoms with Crippen molar-refractivity contribution in [2.75, 3.05) is 0 Å². The summed E-state index contributed by atoms with van der Waals surface area (Å²) >= 11 is 0. The molecule has 0 radical (unpaired) electrons. The van der Waals surface area contributed by atoms with Crippen LogP contribution in [0.4, 0.5) is 0 Å². The summed E-state index contributed by atoms with van der Waals surface area (Å²) in [7, 11) is 0. The van der Waals surface area contributed by atoms with Crippen molar-refractivity contribution < 1.29 is 0 Å². The first-order valence-electron chi connectivity index (χ1n) is 6.01. The molecule has 0 atom stereocenters. The lowest BCUT2D eigenvalue weighted by Gasteiger charge is -2.06. The molecule has 0 bridgehead atoms. The van der Waals surface area contributed by atoms with Crippen molar-refractivity contribution in [2.45, 2.75) is 33.4 Å². The average Bonchev–Trinajstić information content (AvgIpc) is 2.81. The predicted molar refractivity (Wildman–Crippen MR) is 68.4 cm³/mol. The van der Waals surface area contributed by atoms with E-state index in [1.54, 1.807) is 0 Å². The fraction of sp³-hybridized carbons (Fsp3) is 0.385. The lowest BCUT2D eigenvalue weighted by atomic mass is 10.1. The molecule has 2 rings (SSSR count). The molecule has 0 saturated carbocycles. The summed E-state index contributed by atoms with van der Waals surface area (Å²) in [4.78, 5) is 0. The summed E-state index contributed by atoms with van der Waals surface area (Å²) in [5, 5.41) is 8.33. The van der Waals surface area contributed by atoms with E-state index in [4.69, 9.17) is 5.73 Å². The second kappa shape index (κ2) is 5.10. The number of nitrogens with two attached hydrogens (primary N) is 1. The maximum Gasteiger partial charge on any atom is 0.163 e. The van der Waals surface area contributed by atoms with Gasteiger partial charge in [-0.3, -0.25) is 0 Å². The highest BCUT2D eigenvalue weighted by molar-refractivity contribution is 5.55. The molecule has 0 spiro atoms. The first kappa shape index (κ1) is 11.8. The van der Waals surface area contributed by atoms with E-state index in [1.807, 2.05) is 0 Å². The van der Waals surface area contributed by atoms with Crippen LogP contribution < -0.4 is 5.73 Å². The summed E-state index contributed by atoms with van der Waals surface area (Å²) in [6, 6.07) is 8.45. The molecule has 4 nitrogen and oxygen atoms in total. The fourth-order valence-corrected chi connectivity index (χ4v) is 1.92. The van der Waals surface area contributed by atoms with E-state index >= 15 is 0 Å². The van der Waals surface area contributed by atoms with E-state index in [-0.39, 0.29) is 0 Å². The zero-order valence-electron chi connectivity index (χ0n) is 10.3. The van der Waals surface area contributed by atoms with E-state index < -0.39 is 0 Å². The standard InChI is InChI=1S/C13H18N4/c1-3-10-5-7-11(8-6-10)13-16-15-12(9-14)17(13)4-2/h5-8H,3-4,9,14H2,1-2H3. The van der Waals surface area contributed by atoms with Crippen molar-refractivity contribution in [2.24, 2.45) is 5.73 Å². The number of aryl methyl sites for hydroxylation is 1. The topological polar surface area (TPSA) is 56.7 Å². The molecule has 1 heterocycles. The predicted octanol–water partition coefficient (Wildman–Crippen LogP) is 1.99. The van der Waals surface area contributed by atoms with Crippen molar-refractivity contribution >= 4 is 0 Å². The normalized spacial score (nSPS) is 10.8. The van der Waals surface area contributed by atoms with Crippen molar-refractivity contribution in [3.05, 3.63) is 35.7 Å². The molecule has 17 heavy (non-hydrogen) atoms. The zero-order chi connectivity index (χ0) is 12.3. The van der Waals surface area contributed by atoms with Crippen LogP contribution in [0.5, 0.6) is 0 Å². The fourth-order valence-electron chi connectivity index (χ4n) is 1.92. The largest absolute Gasteiger partial charge is 0.324 e. The summed E-state index contributed by atoms with van der Waals surface area (Å²) < 4.78 is 2.06. The monoisotopic (exact) mass is 230 g/mol. The van der Waals surface area contributed by atoms with Crippen molar-refractivity contribution in [3.8, 4) is 11.4 Å². The molecule has 2 aromatic rings. The van der Waals surface area contributed by atoms with Gasteiger partial charge in [-0.15, -0.1) is 10.2 Å². The first-order valence-corrected chi connectivity index (χ1v) is 6.01. The van der Waals surface area contributed by atoms with Gasteiger partial charge in [-0.1, -0.05) is 31.2 Å². The SMILES string of the molecule is CCc1ccc(-c2nnc(CN)n2CC)cc1. The Morgan fingerprint density at radius 2 is 1.82 bits per heavy atom. The van der Waals surface area contributed by atoms with Crippen molar-refractivity contribution in [3.63, 3.8) is 0 Å². The minimum absolute atomic E-state index is 0.424. The Balaban J connectivity index is 2.41. The van der Waals surface area contributed by atoms with E-state index in [9.17, 15) is 0 Å². The van der Waals surface area contributed by atoms with Gasteiger partial charge in [-0.25, -0.2) is 0 Å². The molecule has 90 valence electrons. The van der Waals surface area contributed by atoms with E-state index in [2.05, 4.69) is 52.9 Å². The number of rotatable bonds is 4. The Bertz CT molecular complexity index is 485. The van der Waals surface area contributed by atoms with Crippen molar-refractivity contribution in [1.82, 2.24) is 14.8 Å². The first-order chi connectivity index (χ1) is 8.30. The van der Waals surface area contributed by atoms with Gasteiger partial charge >= 0.3 is 0 Å². The Morgan fingerprint density at radius 3 is 2.35 bits per heavy atom. The third kappa shape index (κ3) is 2.22. The Hall–Kier alpha value is -1.68. The maximum atomic E-state index is 5.64. The summed E-state index contributed by atoms with van der Waals surface area (Å²) in [5.74, 6) is 1.73. The van der Waals surface area contributed by atoms with Gasteiger partial charge in [0.1, 0.15) is 5.82 Å². The molecule has 0 fully saturated rings. The van der Waals surface area contributed by atoms with E-state index in [0.29, 0.717) is 6.54 Å². The van der Waals surface area contributed by atoms with Gasteiger partial charge in [0, 0.05) is 12.1 Å². The lowest BCUT2D eigenvalue weighted by molar-refractivity contribution is 0.704. The summed E-state index contributed by atoms with van der Waals surface area (Å²) in [6.07, 6.45) is 1.05. The number of benzene rings is 1. The van der Waals surface area contributed by atoms with Gasteiger partial charge in [-0.05, 0) is 18.9 Å². The van der Waals surface area contributed by atoms with Crippen LogP contribution in [0.25, 0.3) is 11.4 Å². The van der Waals surface area contributed by atoms with E-state index in [1.165, 1.54) is 5.56 Å². The van der Waals surface area contributed by atoms with Gasteiger partial charge in [-0.2, -0.15) is 0 Å². The second-order valence-corrected chi connectivity index (χ2v) is 3.94. The highest BCUT2D eigenvalue weighted by atomic mass is 15.3. The van der Waals surface area contributed by atoms with Gasteiger partial charge < -0.3 is 10.3 Å². The zero-order valence-corrected chi connectivity index (χ0v) is 10.3. The molecule has 0 aliphatic heterocycles. The summed E-state index contributed by atoms with van der Waals surface area (Å²) in [5.41, 5.74) is 8.06.